The number of nitrogens with one attached hydrogen (secondary N) is 3. The van der Waals surface area contributed by atoms with Crippen LogP contribution in [0.2, 0.25) is 0 Å². The number of hydrogen-bond donors (Lipinski definition) is 3. The maximum absolute atomic E-state index is 3.61. The molecule has 0 radical (unpaired) electrons. The summed E-state index contributed by atoms with van der Waals surface area (Å²) in [6, 6.07) is 0.505. The minimum atomic E-state index is 0.505. The van der Waals surface area contributed by atoms with Gasteiger partial charge in [0.15, 0.2) is 0 Å². The molecular formula is C16H30N4. The monoisotopic (exact) mass is 278 g/mol. The molecule has 0 spiro atoms. The molecule has 4 heteroatoms. The molecule has 0 amide bonds. The summed E-state index contributed by atoms with van der Waals surface area (Å²) in [6.07, 6.45) is 8.33. The molecule has 0 aromatic rings. The molecule has 0 saturated heterocycles. The maximum atomic E-state index is 3.61. The molecule has 2 rings (SSSR count). The minimum Gasteiger partial charge on any atom is -0.387 e. The topological polar surface area (TPSA) is 39.3 Å². The van der Waals surface area contributed by atoms with Crippen LogP contribution in [0.5, 0.6) is 0 Å². The second-order valence-electron chi connectivity index (χ2n) is 5.80. The van der Waals surface area contributed by atoms with E-state index in [0.717, 1.165) is 32.7 Å². The third-order valence-corrected chi connectivity index (χ3v) is 4.02. The summed E-state index contributed by atoms with van der Waals surface area (Å²) < 4.78 is 0. The first-order valence-corrected chi connectivity index (χ1v) is 8.09. The van der Waals surface area contributed by atoms with Crippen molar-refractivity contribution in [3.63, 3.8) is 0 Å². The van der Waals surface area contributed by atoms with Crippen LogP contribution in [0.4, 0.5) is 0 Å². The quantitative estimate of drug-likeness (QED) is 0.523. The van der Waals surface area contributed by atoms with Crippen molar-refractivity contribution in [1.29, 1.82) is 0 Å². The van der Waals surface area contributed by atoms with E-state index in [1.165, 1.54) is 37.1 Å². The Morgan fingerprint density at radius 1 is 1.15 bits per heavy atom. The fourth-order valence-corrected chi connectivity index (χ4v) is 2.80. The molecule has 1 heterocycles. The van der Waals surface area contributed by atoms with Gasteiger partial charge in [0.2, 0.25) is 0 Å². The summed E-state index contributed by atoms with van der Waals surface area (Å²) in [7, 11) is 2.21. The van der Waals surface area contributed by atoms with Crippen LogP contribution in [-0.4, -0.2) is 57.3 Å². The zero-order chi connectivity index (χ0) is 14.2. The van der Waals surface area contributed by atoms with Crippen molar-refractivity contribution in [1.82, 2.24) is 20.9 Å². The normalized spacial score (nSPS) is 21.8. The third kappa shape index (κ3) is 4.62. The van der Waals surface area contributed by atoms with E-state index in [-0.39, 0.29) is 0 Å². The molecule has 0 aromatic heterocycles. The summed E-state index contributed by atoms with van der Waals surface area (Å²) in [5.74, 6) is 0. The molecule has 3 N–H and O–H groups in total. The van der Waals surface area contributed by atoms with Crippen molar-refractivity contribution in [2.45, 2.75) is 32.2 Å². The zero-order valence-electron chi connectivity index (χ0n) is 13.0. The molecule has 0 fully saturated rings. The standard InChI is InChI=1S/C16H30N4/c1-3-6-17-9-10-18-7-4-8-19-15-12-14-5-11-20(2)16(15)13-14/h12-13,16-19H,3-11H2,1-2H3. The maximum Gasteiger partial charge on any atom is 0.0683 e. The van der Waals surface area contributed by atoms with Crippen molar-refractivity contribution >= 4 is 0 Å². The van der Waals surface area contributed by atoms with Gasteiger partial charge >= 0.3 is 0 Å². The molecule has 1 unspecified atom stereocenters. The van der Waals surface area contributed by atoms with E-state index in [4.69, 9.17) is 0 Å². The Balaban J connectivity index is 1.49. The highest BCUT2D eigenvalue weighted by molar-refractivity contribution is 5.40. The lowest BCUT2D eigenvalue weighted by Crippen LogP contribution is -2.37. The number of allylic oxidation sites excluding steroid dienone is 1. The minimum absolute atomic E-state index is 0.505. The Labute approximate surface area is 123 Å². The second kappa shape index (κ2) is 8.45. The van der Waals surface area contributed by atoms with Crippen LogP contribution in [0.3, 0.4) is 0 Å². The lowest BCUT2D eigenvalue weighted by Gasteiger charge is -2.27. The Kier molecular flexibility index (Phi) is 6.57. The lowest BCUT2D eigenvalue weighted by atomic mass is 10.1. The number of nitrogens with zero attached hydrogens (tertiary/aromatic N) is 1. The number of hydrogen-bond acceptors (Lipinski definition) is 4. The van der Waals surface area contributed by atoms with Crippen LogP contribution in [0.25, 0.3) is 0 Å². The van der Waals surface area contributed by atoms with E-state index < -0.39 is 0 Å². The van der Waals surface area contributed by atoms with Crippen LogP contribution in [0.1, 0.15) is 26.2 Å². The number of likely N-dealkylation sites (N-methyl/N-ethyl adjacent to an activating group) is 1. The van der Waals surface area contributed by atoms with Crippen molar-refractivity contribution in [2.75, 3.05) is 46.3 Å². The number of fused-ring (bicyclic) bond motifs is 1. The average molecular weight is 278 g/mol. The predicted molar refractivity (Wildman–Crippen MR) is 85.9 cm³/mol. The van der Waals surface area contributed by atoms with E-state index in [1.54, 1.807) is 0 Å². The van der Waals surface area contributed by atoms with Gasteiger partial charge in [-0.3, -0.25) is 4.90 Å². The van der Waals surface area contributed by atoms with Crippen LogP contribution >= 0.6 is 0 Å². The van der Waals surface area contributed by atoms with Gasteiger partial charge in [0.25, 0.3) is 0 Å². The highest BCUT2D eigenvalue weighted by Gasteiger charge is 2.26. The second-order valence-corrected chi connectivity index (χ2v) is 5.80. The Morgan fingerprint density at radius 3 is 2.75 bits per heavy atom. The fraction of sp³-hybridized carbons (Fsp3) is 0.750. The SMILES string of the molecule is CCCNCCNCCCNC1=CC2=CC1N(C)CC2. The zero-order valence-corrected chi connectivity index (χ0v) is 13.0. The van der Waals surface area contributed by atoms with Crippen LogP contribution < -0.4 is 16.0 Å². The van der Waals surface area contributed by atoms with E-state index >= 15 is 0 Å². The first kappa shape index (κ1) is 15.5. The van der Waals surface area contributed by atoms with Crippen molar-refractivity contribution in [2.24, 2.45) is 0 Å². The van der Waals surface area contributed by atoms with Gasteiger partial charge < -0.3 is 16.0 Å². The summed E-state index contributed by atoms with van der Waals surface area (Å²) in [4.78, 5) is 2.42. The van der Waals surface area contributed by atoms with Gasteiger partial charge in [-0.15, -0.1) is 0 Å². The van der Waals surface area contributed by atoms with Gasteiger partial charge in [0.1, 0.15) is 0 Å². The first-order valence-electron chi connectivity index (χ1n) is 8.09. The fourth-order valence-electron chi connectivity index (χ4n) is 2.80. The number of rotatable bonds is 10. The van der Waals surface area contributed by atoms with Crippen molar-refractivity contribution in [3.8, 4) is 0 Å². The van der Waals surface area contributed by atoms with E-state index in [1.807, 2.05) is 0 Å². The summed E-state index contributed by atoms with van der Waals surface area (Å²) in [5, 5.41) is 10.5. The first-order chi connectivity index (χ1) is 9.81. The summed E-state index contributed by atoms with van der Waals surface area (Å²) in [6.45, 7) is 8.81. The van der Waals surface area contributed by atoms with E-state index in [9.17, 15) is 0 Å². The van der Waals surface area contributed by atoms with Crippen LogP contribution in [0.15, 0.2) is 23.4 Å². The Bertz CT molecular complexity index is 348. The predicted octanol–water partition coefficient (Wildman–Crippen LogP) is 1.08. The van der Waals surface area contributed by atoms with Crippen LogP contribution in [-0.2, 0) is 0 Å². The smallest absolute Gasteiger partial charge is 0.0683 e. The Hall–Kier alpha value is -0.840. The van der Waals surface area contributed by atoms with E-state index in [0.29, 0.717) is 6.04 Å². The summed E-state index contributed by atoms with van der Waals surface area (Å²) in [5.41, 5.74) is 2.90. The molecule has 1 atom stereocenters. The van der Waals surface area contributed by atoms with E-state index in [2.05, 4.69) is 47.0 Å². The van der Waals surface area contributed by atoms with Gasteiger partial charge in [0, 0.05) is 31.9 Å². The molecule has 2 aliphatic rings. The molecule has 0 saturated carbocycles. The Morgan fingerprint density at radius 2 is 1.95 bits per heavy atom. The van der Waals surface area contributed by atoms with Crippen molar-refractivity contribution in [3.05, 3.63) is 23.4 Å². The molecule has 114 valence electrons. The molecule has 4 nitrogen and oxygen atoms in total. The lowest BCUT2D eigenvalue weighted by molar-refractivity contribution is 0.299. The molecule has 20 heavy (non-hydrogen) atoms. The van der Waals surface area contributed by atoms with Crippen LogP contribution in [0, 0.1) is 0 Å². The van der Waals surface area contributed by atoms with Crippen molar-refractivity contribution < 1.29 is 0 Å². The van der Waals surface area contributed by atoms with Gasteiger partial charge in [-0.1, -0.05) is 13.0 Å². The highest BCUT2D eigenvalue weighted by atomic mass is 15.2. The average Bonchev–Trinajstić information content (AvgIpc) is 2.80. The molecule has 0 aromatic carbocycles. The van der Waals surface area contributed by atoms with Gasteiger partial charge in [-0.05, 0) is 51.0 Å². The van der Waals surface area contributed by atoms with Gasteiger partial charge in [-0.2, -0.15) is 0 Å². The molecule has 2 bridgehead atoms. The summed E-state index contributed by atoms with van der Waals surface area (Å²) >= 11 is 0. The largest absolute Gasteiger partial charge is 0.387 e. The third-order valence-electron chi connectivity index (χ3n) is 4.02. The highest BCUT2D eigenvalue weighted by Crippen LogP contribution is 2.27. The molecular weight excluding hydrogens is 248 g/mol. The molecule has 1 aliphatic carbocycles. The van der Waals surface area contributed by atoms with Gasteiger partial charge in [-0.25, -0.2) is 0 Å². The molecule has 1 aliphatic heterocycles. The van der Waals surface area contributed by atoms with Gasteiger partial charge in [0.05, 0.1) is 6.04 Å².